The summed E-state index contributed by atoms with van der Waals surface area (Å²) in [6.45, 7) is 7.76. The van der Waals surface area contributed by atoms with Crippen LogP contribution >= 0.6 is 0 Å². The molecule has 0 radical (unpaired) electrons. The first kappa shape index (κ1) is 14.2. The summed E-state index contributed by atoms with van der Waals surface area (Å²) in [5.41, 5.74) is 0.990. The van der Waals surface area contributed by atoms with Crippen LogP contribution in [0.3, 0.4) is 0 Å². The van der Waals surface area contributed by atoms with E-state index in [9.17, 15) is 0 Å². The van der Waals surface area contributed by atoms with E-state index in [1.807, 2.05) is 17.0 Å². The van der Waals surface area contributed by atoms with Crippen molar-refractivity contribution >= 4 is 0 Å². The van der Waals surface area contributed by atoms with Crippen LogP contribution in [0.1, 0.15) is 18.5 Å². The summed E-state index contributed by atoms with van der Waals surface area (Å²) in [4.78, 5) is 2.14. The fourth-order valence-electron chi connectivity index (χ4n) is 1.93. The summed E-state index contributed by atoms with van der Waals surface area (Å²) in [6.07, 6.45) is 6.40. The average molecular weight is 265 g/mol. The molecular formula is C13H23N5O. The molecule has 106 valence electrons. The molecule has 6 nitrogen and oxygen atoms in total. The predicted octanol–water partition coefficient (Wildman–Crippen LogP) is 0.0104. The third-order valence-electron chi connectivity index (χ3n) is 3.18. The van der Waals surface area contributed by atoms with Crippen molar-refractivity contribution in [3.8, 4) is 0 Å². The van der Waals surface area contributed by atoms with Gasteiger partial charge in [0.05, 0.1) is 18.8 Å². The maximum atomic E-state index is 8.97. The van der Waals surface area contributed by atoms with Crippen molar-refractivity contribution in [2.75, 3.05) is 26.2 Å². The highest BCUT2D eigenvalue weighted by molar-refractivity contribution is 4.94. The lowest BCUT2D eigenvalue weighted by molar-refractivity contribution is 0.202. The molecule has 1 aliphatic rings. The molecule has 2 N–H and O–H groups in total. The Kier molecular flexibility index (Phi) is 5.50. The number of hydrogen-bond donors (Lipinski definition) is 2. The summed E-state index contributed by atoms with van der Waals surface area (Å²) in [5, 5.41) is 20.7. The van der Waals surface area contributed by atoms with E-state index >= 15 is 0 Å². The molecule has 0 aromatic carbocycles. The molecular weight excluding hydrogens is 242 g/mol. The topological polar surface area (TPSA) is 66.2 Å². The zero-order valence-corrected chi connectivity index (χ0v) is 11.3. The van der Waals surface area contributed by atoms with Gasteiger partial charge < -0.3 is 10.4 Å². The molecule has 0 unspecified atom stereocenters. The predicted molar refractivity (Wildman–Crippen MR) is 73.6 cm³/mol. The Balaban J connectivity index is 1.72. The van der Waals surface area contributed by atoms with Crippen LogP contribution in [0.15, 0.2) is 18.9 Å². The molecule has 1 aromatic heterocycles. The molecule has 1 aliphatic carbocycles. The second-order valence-corrected chi connectivity index (χ2v) is 4.94. The molecule has 1 fully saturated rings. The average Bonchev–Trinajstić information content (AvgIpc) is 3.13. The maximum Gasteiger partial charge on any atom is 0.0964 e. The van der Waals surface area contributed by atoms with Gasteiger partial charge in [0.2, 0.25) is 0 Å². The van der Waals surface area contributed by atoms with Crippen molar-refractivity contribution in [1.82, 2.24) is 25.2 Å². The lowest BCUT2D eigenvalue weighted by Gasteiger charge is -2.18. The Hall–Kier alpha value is -1.24. The molecule has 0 spiro atoms. The van der Waals surface area contributed by atoms with E-state index in [1.165, 1.54) is 12.8 Å². The van der Waals surface area contributed by atoms with Crippen molar-refractivity contribution in [3.05, 3.63) is 24.5 Å². The number of nitrogens with zero attached hydrogens (tertiary/aromatic N) is 4. The van der Waals surface area contributed by atoms with Crippen LogP contribution < -0.4 is 5.32 Å². The molecule has 0 bridgehead atoms. The molecule has 1 heterocycles. The summed E-state index contributed by atoms with van der Waals surface area (Å²) >= 11 is 0. The highest BCUT2D eigenvalue weighted by Crippen LogP contribution is 2.18. The Morgan fingerprint density at radius 1 is 1.53 bits per heavy atom. The van der Waals surface area contributed by atoms with Crippen LogP contribution in [0.25, 0.3) is 0 Å². The minimum absolute atomic E-state index is 0.168. The minimum atomic E-state index is 0.168. The van der Waals surface area contributed by atoms with Gasteiger partial charge in [-0.2, -0.15) is 0 Å². The van der Waals surface area contributed by atoms with Gasteiger partial charge in [0.1, 0.15) is 0 Å². The van der Waals surface area contributed by atoms with Gasteiger partial charge in [-0.1, -0.05) is 11.3 Å². The smallest absolute Gasteiger partial charge is 0.0964 e. The molecule has 2 rings (SSSR count). The Labute approximate surface area is 114 Å². The summed E-state index contributed by atoms with van der Waals surface area (Å²) in [6, 6.07) is 0.692. The van der Waals surface area contributed by atoms with Gasteiger partial charge in [-0.3, -0.25) is 9.58 Å². The van der Waals surface area contributed by atoms with E-state index < -0.39 is 0 Å². The monoisotopic (exact) mass is 265 g/mol. The van der Waals surface area contributed by atoms with Crippen molar-refractivity contribution in [1.29, 1.82) is 0 Å². The molecule has 1 saturated carbocycles. The molecule has 1 aromatic rings. The van der Waals surface area contributed by atoms with Gasteiger partial charge >= 0.3 is 0 Å². The fourth-order valence-corrected chi connectivity index (χ4v) is 1.93. The number of aliphatic hydroxyl groups is 1. The molecule has 0 aliphatic heterocycles. The normalized spacial score (nSPS) is 15.1. The lowest BCUT2D eigenvalue weighted by Crippen LogP contribution is -2.30. The van der Waals surface area contributed by atoms with Gasteiger partial charge in [-0.25, -0.2) is 0 Å². The van der Waals surface area contributed by atoms with Crippen molar-refractivity contribution in [2.45, 2.75) is 32.0 Å². The van der Waals surface area contributed by atoms with Crippen LogP contribution in [0.5, 0.6) is 0 Å². The lowest BCUT2D eigenvalue weighted by atomic mass is 10.4. The fraction of sp³-hybridized carbons (Fsp3) is 0.692. The number of aliphatic hydroxyl groups excluding tert-OH is 1. The maximum absolute atomic E-state index is 8.97. The standard InChI is InChI=1S/C13H23N5O/c1-2-5-17(8-9-19)6-7-18-11-13(15-16-18)10-14-12-3-4-12/h2,11-12,14,19H,1,3-10H2. The molecule has 19 heavy (non-hydrogen) atoms. The van der Waals surface area contributed by atoms with Gasteiger partial charge in [-0.05, 0) is 12.8 Å². The Morgan fingerprint density at radius 2 is 2.37 bits per heavy atom. The minimum Gasteiger partial charge on any atom is -0.395 e. The zero-order valence-electron chi connectivity index (χ0n) is 11.3. The van der Waals surface area contributed by atoms with Gasteiger partial charge in [0.15, 0.2) is 0 Å². The van der Waals surface area contributed by atoms with Gasteiger partial charge in [0, 0.05) is 38.4 Å². The Morgan fingerprint density at radius 3 is 3.05 bits per heavy atom. The third-order valence-corrected chi connectivity index (χ3v) is 3.18. The SMILES string of the molecule is C=CCN(CCO)CCn1cc(CNC2CC2)nn1. The first-order valence-electron chi connectivity index (χ1n) is 6.88. The third kappa shape index (κ3) is 5.10. The van der Waals surface area contributed by atoms with Crippen LogP contribution in [-0.4, -0.2) is 57.3 Å². The highest BCUT2D eigenvalue weighted by Gasteiger charge is 2.20. The van der Waals surface area contributed by atoms with Gasteiger partial charge in [-0.15, -0.1) is 11.7 Å². The molecule has 0 saturated heterocycles. The van der Waals surface area contributed by atoms with Crippen molar-refractivity contribution < 1.29 is 5.11 Å². The van der Waals surface area contributed by atoms with E-state index in [2.05, 4.69) is 27.1 Å². The van der Waals surface area contributed by atoms with E-state index in [1.54, 1.807) is 0 Å². The Bertz CT molecular complexity index is 388. The van der Waals surface area contributed by atoms with Gasteiger partial charge in [0.25, 0.3) is 0 Å². The van der Waals surface area contributed by atoms with Crippen molar-refractivity contribution in [2.24, 2.45) is 0 Å². The highest BCUT2D eigenvalue weighted by atomic mass is 16.3. The largest absolute Gasteiger partial charge is 0.395 e. The van der Waals surface area contributed by atoms with E-state index in [-0.39, 0.29) is 6.61 Å². The summed E-state index contributed by atoms with van der Waals surface area (Å²) in [5.74, 6) is 0. The van der Waals surface area contributed by atoms with Crippen molar-refractivity contribution in [3.63, 3.8) is 0 Å². The number of aromatic nitrogens is 3. The second-order valence-electron chi connectivity index (χ2n) is 4.94. The van der Waals surface area contributed by atoms with Crippen LogP contribution in [0.4, 0.5) is 0 Å². The van der Waals surface area contributed by atoms with E-state index in [0.29, 0.717) is 12.6 Å². The van der Waals surface area contributed by atoms with E-state index in [0.717, 1.165) is 31.9 Å². The van der Waals surface area contributed by atoms with Crippen LogP contribution in [0.2, 0.25) is 0 Å². The zero-order chi connectivity index (χ0) is 13.5. The molecule has 0 atom stereocenters. The number of nitrogens with one attached hydrogen (secondary N) is 1. The number of rotatable bonds is 10. The van der Waals surface area contributed by atoms with E-state index in [4.69, 9.17) is 5.11 Å². The second kappa shape index (κ2) is 7.37. The molecule has 6 heteroatoms. The number of hydrogen-bond acceptors (Lipinski definition) is 5. The first-order chi connectivity index (χ1) is 9.31. The summed E-state index contributed by atoms with van der Waals surface area (Å²) in [7, 11) is 0. The molecule has 0 amide bonds. The van der Waals surface area contributed by atoms with Crippen LogP contribution in [-0.2, 0) is 13.1 Å². The first-order valence-corrected chi connectivity index (χ1v) is 6.88. The quantitative estimate of drug-likeness (QED) is 0.583. The summed E-state index contributed by atoms with van der Waals surface area (Å²) < 4.78 is 1.86. The van der Waals surface area contributed by atoms with Crippen LogP contribution in [0, 0.1) is 0 Å².